The number of halogens is 6. The van der Waals surface area contributed by atoms with E-state index in [1.165, 1.54) is 17.4 Å². The van der Waals surface area contributed by atoms with Crippen LogP contribution >= 0.6 is 11.3 Å². The normalized spacial score (nSPS) is 15.0. The van der Waals surface area contributed by atoms with Crippen LogP contribution in [-0.4, -0.2) is 28.9 Å². The van der Waals surface area contributed by atoms with Crippen LogP contribution in [0.5, 0.6) is 0 Å². The quantitative estimate of drug-likeness (QED) is 0.523. The van der Waals surface area contributed by atoms with E-state index >= 15 is 0 Å². The van der Waals surface area contributed by atoms with Gasteiger partial charge in [0.15, 0.2) is 5.13 Å². The first-order valence-corrected chi connectivity index (χ1v) is 9.54. The molecule has 0 saturated carbocycles. The number of amides is 1. The predicted octanol–water partition coefficient (Wildman–Crippen LogP) is 4.99. The maximum absolute atomic E-state index is 13.8. The highest BCUT2D eigenvalue weighted by molar-refractivity contribution is 7.15. The molecule has 0 spiro atoms. The van der Waals surface area contributed by atoms with Gasteiger partial charge in [0.25, 0.3) is 5.91 Å². The fourth-order valence-electron chi connectivity index (χ4n) is 2.99. The minimum atomic E-state index is -5.88. The Labute approximate surface area is 166 Å². The molecule has 1 aromatic carbocycles. The summed E-state index contributed by atoms with van der Waals surface area (Å²) in [4.78, 5) is 16.8. The van der Waals surface area contributed by atoms with E-state index < -0.39 is 29.1 Å². The molecule has 3 rings (SSSR count). The molecule has 0 aliphatic heterocycles. The SMILES string of the molecule is Cc1ccc(C(=O)NC(Nc2nc3c(s2)CCCC3)(C(F)(F)F)C(F)(F)F)cc1. The molecule has 1 amide bonds. The van der Waals surface area contributed by atoms with Gasteiger partial charge in [0.2, 0.25) is 0 Å². The number of benzene rings is 1. The van der Waals surface area contributed by atoms with E-state index in [1.54, 1.807) is 6.92 Å². The second-order valence-corrected chi connectivity index (χ2v) is 7.87. The monoisotopic (exact) mass is 437 g/mol. The van der Waals surface area contributed by atoms with Gasteiger partial charge in [-0.1, -0.05) is 17.7 Å². The van der Waals surface area contributed by atoms with Crippen LogP contribution in [-0.2, 0) is 12.8 Å². The van der Waals surface area contributed by atoms with Gasteiger partial charge < -0.3 is 10.6 Å². The van der Waals surface area contributed by atoms with Crippen molar-refractivity contribution in [3.8, 4) is 0 Å². The molecule has 1 aromatic heterocycles. The van der Waals surface area contributed by atoms with Gasteiger partial charge in [-0.25, -0.2) is 4.98 Å². The zero-order valence-corrected chi connectivity index (χ0v) is 16.0. The Bertz CT molecular complexity index is 851. The Morgan fingerprint density at radius 2 is 1.59 bits per heavy atom. The molecule has 0 bridgehead atoms. The minimum absolute atomic E-state index is 0.325. The molecular formula is C18H17F6N3OS. The Hall–Kier alpha value is -2.30. The van der Waals surface area contributed by atoms with Crippen molar-refractivity contribution < 1.29 is 31.1 Å². The first kappa shape index (κ1) is 21.4. The summed E-state index contributed by atoms with van der Waals surface area (Å²) >= 11 is 0.746. The number of alkyl halides is 6. The summed E-state index contributed by atoms with van der Waals surface area (Å²) in [6.07, 6.45) is -9.15. The van der Waals surface area contributed by atoms with Gasteiger partial charge in [-0.15, -0.1) is 11.3 Å². The van der Waals surface area contributed by atoms with Gasteiger partial charge in [-0.2, -0.15) is 26.3 Å². The van der Waals surface area contributed by atoms with E-state index in [4.69, 9.17) is 0 Å². The molecular weight excluding hydrogens is 420 g/mol. The van der Waals surface area contributed by atoms with Crippen molar-refractivity contribution in [1.29, 1.82) is 0 Å². The van der Waals surface area contributed by atoms with E-state index in [2.05, 4.69) is 4.98 Å². The van der Waals surface area contributed by atoms with Crippen molar-refractivity contribution in [2.24, 2.45) is 0 Å². The van der Waals surface area contributed by atoms with Crippen molar-refractivity contribution in [3.63, 3.8) is 0 Å². The molecule has 1 heterocycles. The van der Waals surface area contributed by atoms with Crippen molar-refractivity contribution in [2.45, 2.75) is 50.6 Å². The van der Waals surface area contributed by atoms with E-state index in [0.29, 0.717) is 29.0 Å². The predicted molar refractivity (Wildman–Crippen MR) is 95.9 cm³/mol. The van der Waals surface area contributed by atoms with E-state index in [-0.39, 0.29) is 5.56 Å². The van der Waals surface area contributed by atoms with Crippen LogP contribution in [0.3, 0.4) is 0 Å². The van der Waals surface area contributed by atoms with Crippen molar-refractivity contribution in [2.75, 3.05) is 5.32 Å². The first-order valence-electron chi connectivity index (χ1n) is 8.72. The number of carbonyl (C=O) groups excluding carboxylic acids is 1. The maximum Gasteiger partial charge on any atom is 0.439 e. The van der Waals surface area contributed by atoms with Crippen LogP contribution < -0.4 is 10.6 Å². The molecule has 158 valence electrons. The van der Waals surface area contributed by atoms with Crippen molar-refractivity contribution in [1.82, 2.24) is 10.3 Å². The number of aryl methyl sites for hydroxylation is 3. The standard InChI is InChI=1S/C18H17F6N3OS/c1-10-6-8-11(9-7-10)14(28)26-16(17(19,20)21,18(22,23)24)27-15-25-12-4-2-3-5-13(12)29-15/h6-9H,2-5H2,1H3,(H,25,27)(H,26,28). The fourth-order valence-corrected chi connectivity index (χ4v) is 4.09. The van der Waals surface area contributed by atoms with Gasteiger partial charge in [-0.3, -0.25) is 4.79 Å². The van der Waals surface area contributed by atoms with Gasteiger partial charge in [-0.05, 0) is 44.7 Å². The topological polar surface area (TPSA) is 54.0 Å². The van der Waals surface area contributed by atoms with Gasteiger partial charge in [0.05, 0.1) is 5.69 Å². The van der Waals surface area contributed by atoms with Crippen LogP contribution in [0, 0.1) is 6.92 Å². The number of nitrogens with zero attached hydrogens (tertiary/aromatic N) is 1. The van der Waals surface area contributed by atoms with E-state index in [0.717, 1.165) is 41.6 Å². The average molecular weight is 437 g/mol. The third-order valence-corrected chi connectivity index (χ3v) is 5.68. The number of carbonyl (C=O) groups is 1. The Morgan fingerprint density at radius 1 is 1.00 bits per heavy atom. The second-order valence-electron chi connectivity index (χ2n) is 6.79. The molecule has 0 unspecified atom stereocenters. The molecule has 4 nitrogen and oxygen atoms in total. The zero-order chi connectivity index (χ0) is 21.4. The minimum Gasteiger partial charge on any atom is -0.324 e. The highest BCUT2D eigenvalue weighted by Gasteiger charge is 2.73. The summed E-state index contributed by atoms with van der Waals surface area (Å²) in [5, 5.41) is 2.08. The molecule has 2 N–H and O–H groups in total. The lowest BCUT2D eigenvalue weighted by Gasteiger charge is -2.38. The summed E-state index contributed by atoms with van der Waals surface area (Å²) in [6.45, 7) is 1.67. The van der Waals surface area contributed by atoms with Gasteiger partial charge in [0.1, 0.15) is 0 Å². The van der Waals surface area contributed by atoms with Crippen molar-refractivity contribution in [3.05, 3.63) is 46.0 Å². The molecule has 0 atom stereocenters. The lowest BCUT2D eigenvalue weighted by atomic mass is 10.0. The molecule has 0 fully saturated rings. The number of thiazole rings is 1. The number of anilines is 1. The molecule has 1 aliphatic rings. The number of fused-ring (bicyclic) bond motifs is 1. The lowest BCUT2D eigenvalue weighted by Crippen LogP contribution is -2.72. The molecule has 2 aromatic rings. The summed E-state index contributed by atoms with van der Waals surface area (Å²) in [7, 11) is 0. The number of aromatic nitrogens is 1. The molecule has 0 radical (unpaired) electrons. The van der Waals surface area contributed by atoms with E-state index in [1.807, 2.05) is 0 Å². The molecule has 1 aliphatic carbocycles. The van der Waals surface area contributed by atoms with Crippen molar-refractivity contribution >= 4 is 22.4 Å². The Morgan fingerprint density at radius 3 is 2.14 bits per heavy atom. The zero-order valence-electron chi connectivity index (χ0n) is 15.2. The number of nitrogens with one attached hydrogen (secondary N) is 2. The van der Waals surface area contributed by atoms with Crippen LogP contribution in [0.15, 0.2) is 24.3 Å². The molecule has 29 heavy (non-hydrogen) atoms. The van der Waals surface area contributed by atoms with Crippen LogP contribution in [0.2, 0.25) is 0 Å². The van der Waals surface area contributed by atoms with E-state index in [9.17, 15) is 31.1 Å². The van der Waals surface area contributed by atoms with Crippen LogP contribution in [0.4, 0.5) is 31.5 Å². The Balaban J connectivity index is 2.00. The highest BCUT2D eigenvalue weighted by Crippen LogP contribution is 2.45. The van der Waals surface area contributed by atoms with Gasteiger partial charge in [0, 0.05) is 10.4 Å². The summed E-state index contributed by atoms with van der Waals surface area (Å²) in [6, 6.07) is 5.15. The van der Waals surface area contributed by atoms with Crippen LogP contribution in [0.25, 0.3) is 0 Å². The number of hydrogen-bond acceptors (Lipinski definition) is 4. The Kier molecular flexibility index (Phi) is 5.54. The molecule has 11 heteroatoms. The summed E-state index contributed by atoms with van der Waals surface area (Å²) < 4.78 is 82.6. The van der Waals surface area contributed by atoms with Crippen LogP contribution in [0.1, 0.15) is 39.3 Å². The number of rotatable bonds is 4. The summed E-state index contributed by atoms with van der Waals surface area (Å²) in [5.74, 6) is -1.51. The largest absolute Gasteiger partial charge is 0.439 e. The fraction of sp³-hybridized carbons (Fsp3) is 0.444. The first-order chi connectivity index (χ1) is 13.4. The molecule has 0 saturated heterocycles. The van der Waals surface area contributed by atoms with Gasteiger partial charge >= 0.3 is 18.0 Å². The number of hydrogen-bond donors (Lipinski definition) is 2. The third kappa shape index (κ3) is 4.19. The highest BCUT2D eigenvalue weighted by atomic mass is 32.1. The lowest BCUT2D eigenvalue weighted by molar-refractivity contribution is -0.294. The maximum atomic E-state index is 13.8. The third-order valence-electron chi connectivity index (χ3n) is 4.61. The average Bonchev–Trinajstić information content (AvgIpc) is 3.02. The smallest absolute Gasteiger partial charge is 0.324 e. The second kappa shape index (κ2) is 7.51. The summed E-state index contributed by atoms with van der Waals surface area (Å²) in [5.41, 5.74) is -3.81.